The summed E-state index contributed by atoms with van der Waals surface area (Å²) in [7, 11) is 0. The lowest BCUT2D eigenvalue weighted by atomic mass is 10.1. The van der Waals surface area contributed by atoms with Gasteiger partial charge in [0.15, 0.2) is 0 Å². The molecule has 2 aromatic rings. The van der Waals surface area contributed by atoms with E-state index in [0.717, 1.165) is 29.2 Å². The second-order valence-corrected chi connectivity index (χ2v) is 7.18. The fraction of sp³-hybridized carbons (Fsp3) is 0.588. The van der Waals surface area contributed by atoms with Crippen LogP contribution >= 0.6 is 0 Å². The van der Waals surface area contributed by atoms with Crippen LogP contribution in [0.4, 0.5) is 17.5 Å². The summed E-state index contributed by atoms with van der Waals surface area (Å²) in [5, 5.41) is 21.0. The van der Waals surface area contributed by atoms with Gasteiger partial charge in [0, 0.05) is 24.2 Å². The normalized spacial score (nSPS) is 17.6. The molecule has 0 saturated heterocycles. The Kier molecular flexibility index (Phi) is 4.55. The standard InChI is InChI=1S/C17H26N6O2/c1-10-8-18-16-20-13-12(3)22-23(17(4,5)9-24)15(13)25-7-6-11(2)19-14(10)21-16/h8,11,24H,6-7,9H2,1-5H3,(H2,18,19,20,21)/t11-/m1/s1. The first-order valence-electron chi connectivity index (χ1n) is 8.53. The Labute approximate surface area is 147 Å². The third kappa shape index (κ3) is 3.39. The van der Waals surface area contributed by atoms with Gasteiger partial charge in [0.05, 0.1) is 24.4 Å². The van der Waals surface area contributed by atoms with Gasteiger partial charge >= 0.3 is 0 Å². The zero-order valence-electron chi connectivity index (χ0n) is 15.4. The zero-order chi connectivity index (χ0) is 18.2. The molecule has 2 aromatic heterocycles. The number of aliphatic hydroxyl groups excluding tert-OH is 1. The van der Waals surface area contributed by atoms with Crippen LogP contribution in [0.25, 0.3) is 0 Å². The number of nitrogens with one attached hydrogen (secondary N) is 2. The average molecular weight is 346 g/mol. The summed E-state index contributed by atoms with van der Waals surface area (Å²) in [6, 6.07) is 0.200. The van der Waals surface area contributed by atoms with Gasteiger partial charge in [0.2, 0.25) is 11.8 Å². The number of rotatable bonds is 2. The first-order valence-corrected chi connectivity index (χ1v) is 8.53. The molecular weight excluding hydrogens is 320 g/mol. The topological polar surface area (TPSA) is 97.1 Å². The number of hydrogen-bond donors (Lipinski definition) is 3. The lowest BCUT2D eigenvalue weighted by molar-refractivity contribution is 0.134. The SMILES string of the molecule is Cc1cnc2nc1N[C@H](C)CCOc1c(c(C)nn1C(C)(C)CO)N2. The Morgan fingerprint density at radius 3 is 2.88 bits per heavy atom. The minimum Gasteiger partial charge on any atom is -0.476 e. The number of aromatic nitrogens is 4. The van der Waals surface area contributed by atoms with E-state index in [1.165, 1.54) is 0 Å². The zero-order valence-corrected chi connectivity index (χ0v) is 15.4. The maximum atomic E-state index is 9.74. The van der Waals surface area contributed by atoms with E-state index < -0.39 is 5.54 Å². The summed E-state index contributed by atoms with van der Waals surface area (Å²) in [5.74, 6) is 1.89. The van der Waals surface area contributed by atoms with E-state index in [9.17, 15) is 5.11 Å². The van der Waals surface area contributed by atoms with Crippen LogP contribution in [-0.2, 0) is 5.54 Å². The van der Waals surface area contributed by atoms with Crippen LogP contribution in [0.3, 0.4) is 0 Å². The van der Waals surface area contributed by atoms with Gasteiger partial charge in [-0.25, -0.2) is 9.67 Å². The second kappa shape index (κ2) is 6.51. The van der Waals surface area contributed by atoms with Crippen molar-refractivity contribution in [2.45, 2.75) is 52.6 Å². The van der Waals surface area contributed by atoms with Gasteiger partial charge in [-0.05, 0) is 34.6 Å². The molecule has 8 heteroatoms. The molecule has 8 nitrogen and oxygen atoms in total. The van der Waals surface area contributed by atoms with E-state index in [4.69, 9.17) is 4.74 Å². The molecule has 0 unspecified atom stereocenters. The van der Waals surface area contributed by atoms with Crippen molar-refractivity contribution < 1.29 is 9.84 Å². The van der Waals surface area contributed by atoms with E-state index in [1.54, 1.807) is 10.9 Å². The van der Waals surface area contributed by atoms with E-state index in [-0.39, 0.29) is 12.6 Å². The fourth-order valence-corrected chi connectivity index (χ4v) is 2.66. The maximum Gasteiger partial charge on any atom is 0.237 e. The lowest BCUT2D eigenvalue weighted by Crippen LogP contribution is -2.32. The number of anilines is 3. The molecule has 0 saturated carbocycles. The van der Waals surface area contributed by atoms with Gasteiger partial charge in [0.25, 0.3) is 0 Å². The van der Waals surface area contributed by atoms with Crippen LogP contribution in [0, 0.1) is 13.8 Å². The third-order valence-electron chi connectivity index (χ3n) is 4.36. The molecule has 0 fully saturated rings. The van der Waals surface area contributed by atoms with Crippen LogP contribution in [0.1, 0.15) is 38.4 Å². The Morgan fingerprint density at radius 2 is 2.16 bits per heavy atom. The summed E-state index contributed by atoms with van der Waals surface area (Å²) in [6.45, 7) is 10.3. The molecule has 0 radical (unpaired) electrons. The molecule has 1 atom stereocenters. The van der Waals surface area contributed by atoms with Crippen molar-refractivity contribution >= 4 is 17.5 Å². The Hall–Kier alpha value is -2.35. The number of hydrogen-bond acceptors (Lipinski definition) is 7. The van der Waals surface area contributed by atoms with Gasteiger partial charge in [-0.2, -0.15) is 10.1 Å². The molecule has 3 rings (SSSR count). The number of ether oxygens (including phenoxy) is 1. The summed E-state index contributed by atoms with van der Waals surface area (Å²) >= 11 is 0. The van der Waals surface area contributed by atoms with Crippen LogP contribution in [0.15, 0.2) is 6.20 Å². The first-order chi connectivity index (χ1) is 11.8. The van der Waals surface area contributed by atoms with Gasteiger partial charge in [-0.1, -0.05) is 0 Å². The fourth-order valence-electron chi connectivity index (χ4n) is 2.66. The molecule has 3 heterocycles. The molecule has 3 N–H and O–H groups in total. The van der Waals surface area contributed by atoms with Gasteiger partial charge in [-0.3, -0.25) is 0 Å². The van der Waals surface area contributed by atoms with Crippen molar-refractivity contribution in [2.75, 3.05) is 23.8 Å². The number of aliphatic hydroxyl groups is 1. The smallest absolute Gasteiger partial charge is 0.237 e. The molecule has 25 heavy (non-hydrogen) atoms. The quantitative estimate of drug-likeness (QED) is 0.768. The highest BCUT2D eigenvalue weighted by atomic mass is 16.5. The van der Waals surface area contributed by atoms with Crippen LogP contribution in [0.5, 0.6) is 5.88 Å². The average Bonchev–Trinajstić information content (AvgIpc) is 2.86. The number of fused-ring (bicyclic) bond motifs is 3. The Bertz CT molecular complexity index is 771. The van der Waals surface area contributed by atoms with Crippen LogP contribution in [0.2, 0.25) is 0 Å². The number of aryl methyl sites for hydroxylation is 2. The van der Waals surface area contributed by atoms with Crippen molar-refractivity contribution in [1.29, 1.82) is 0 Å². The Morgan fingerprint density at radius 1 is 1.40 bits per heavy atom. The maximum absolute atomic E-state index is 9.74. The van der Waals surface area contributed by atoms with E-state index in [0.29, 0.717) is 18.4 Å². The third-order valence-corrected chi connectivity index (χ3v) is 4.36. The van der Waals surface area contributed by atoms with Crippen LogP contribution in [-0.4, -0.2) is 44.1 Å². The molecule has 0 spiro atoms. The van der Waals surface area contributed by atoms with E-state index >= 15 is 0 Å². The van der Waals surface area contributed by atoms with Crippen molar-refractivity contribution in [1.82, 2.24) is 19.7 Å². The highest BCUT2D eigenvalue weighted by Crippen LogP contribution is 2.35. The molecule has 1 aliphatic rings. The highest BCUT2D eigenvalue weighted by Gasteiger charge is 2.29. The summed E-state index contributed by atoms with van der Waals surface area (Å²) in [4.78, 5) is 8.95. The van der Waals surface area contributed by atoms with Crippen molar-refractivity contribution in [3.05, 3.63) is 17.5 Å². The Balaban J connectivity index is 2.10. The minimum atomic E-state index is -0.580. The summed E-state index contributed by atoms with van der Waals surface area (Å²) in [6.07, 6.45) is 2.60. The van der Waals surface area contributed by atoms with Gasteiger partial charge in [0.1, 0.15) is 11.5 Å². The van der Waals surface area contributed by atoms with Crippen molar-refractivity contribution in [3.8, 4) is 5.88 Å². The molecule has 0 aliphatic carbocycles. The molecular formula is C17H26N6O2. The number of nitrogens with zero attached hydrogens (tertiary/aromatic N) is 4. The predicted octanol–water partition coefficient (Wildman–Crippen LogP) is 2.34. The minimum absolute atomic E-state index is 0.0486. The van der Waals surface area contributed by atoms with E-state index in [1.807, 2.05) is 27.7 Å². The first kappa shape index (κ1) is 17.5. The molecule has 1 aliphatic heterocycles. The highest BCUT2D eigenvalue weighted by molar-refractivity contribution is 5.64. The largest absolute Gasteiger partial charge is 0.476 e. The monoisotopic (exact) mass is 346 g/mol. The summed E-state index contributed by atoms with van der Waals surface area (Å²) < 4.78 is 7.80. The summed E-state index contributed by atoms with van der Waals surface area (Å²) in [5.41, 5.74) is 1.91. The van der Waals surface area contributed by atoms with Crippen LogP contribution < -0.4 is 15.4 Å². The van der Waals surface area contributed by atoms with Gasteiger partial charge in [-0.15, -0.1) is 0 Å². The van der Waals surface area contributed by atoms with Crippen molar-refractivity contribution in [2.24, 2.45) is 0 Å². The molecule has 136 valence electrons. The lowest BCUT2D eigenvalue weighted by Gasteiger charge is -2.25. The van der Waals surface area contributed by atoms with Crippen molar-refractivity contribution in [3.63, 3.8) is 0 Å². The van der Waals surface area contributed by atoms with Gasteiger partial charge < -0.3 is 20.5 Å². The molecule has 2 bridgehead atoms. The van der Waals surface area contributed by atoms with E-state index in [2.05, 4.69) is 32.6 Å². The molecule has 0 amide bonds. The predicted molar refractivity (Wildman–Crippen MR) is 96.6 cm³/mol. The molecule has 0 aromatic carbocycles. The second-order valence-electron chi connectivity index (χ2n) is 7.18.